The molecule has 0 unspecified atom stereocenters. The molecule has 0 bridgehead atoms. The van der Waals surface area contributed by atoms with E-state index in [0.717, 1.165) is 42.8 Å². The van der Waals surface area contributed by atoms with Gasteiger partial charge in [0.25, 0.3) is 5.91 Å². The minimum absolute atomic E-state index is 0.0249. The van der Waals surface area contributed by atoms with Crippen LogP contribution in [-0.2, 0) is 6.54 Å². The summed E-state index contributed by atoms with van der Waals surface area (Å²) < 4.78 is 1.78. The molecule has 0 spiro atoms. The van der Waals surface area contributed by atoms with E-state index in [1.54, 1.807) is 10.7 Å². The van der Waals surface area contributed by atoms with Crippen molar-refractivity contribution < 1.29 is 4.79 Å². The average Bonchev–Trinajstić information content (AvgIpc) is 3.27. The van der Waals surface area contributed by atoms with Gasteiger partial charge in [0, 0.05) is 62.6 Å². The number of carbonyl (C=O) groups is 1. The van der Waals surface area contributed by atoms with Crippen molar-refractivity contribution in [3.63, 3.8) is 0 Å². The molecule has 1 saturated heterocycles. The lowest BCUT2D eigenvalue weighted by molar-refractivity contribution is 0.0699. The molecule has 3 aromatic rings. The summed E-state index contributed by atoms with van der Waals surface area (Å²) in [6.07, 6.45) is 5.60. The largest absolute Gasteiger partial charge is 0.347 e. The van der Waals surface area contributed by atoms with E-state index >= 15 is 0 Å². The Morgan fingerprint density at radius 1 is 1.29 bits per heavy atom. The summed E-state index contributed by atoms with van der Waals surface area (Å²) in [6.45, 7) is 4.09. The fourth-order valence-electron chi connectivity index (χ4n) is 3.99. The lowest BCUT2D eigenvalue weighted by Crippen LogP contribution is -2.39. The number of amides is 1. The van der Waals surface area contributed by atoms with Gasteiger partial charge in [-0.15, -0.1) is 0 Å². The predicted octanol–water partition coefficient (Wildman–Crippen LogP) is 4.10. The van der Waals surface area contributed by atoms with Crippen molar-refractivity contribution in [1.29, 1.82) is 0 Å². The Morgan fingerprint density at radius 3 is 2.84 bits per heavy atom. The fourth-order valence-corrected chi connectivity index (χ4v) is 4.18. The normalized spacial score (nSPS) is 16.4. The van der Waals surface area contributed by atoms with Gasteiger partial charge >= 0.3 is 0 Å². The van der Waals surface area contributed by atoms with E-state index in [9.17, 15) is 4.79 Å². The molecule has 1 amide bonds. The predicted molar refractivity (Wildman–Crippen MR) is 123 cm³/mol. The third kappa shape index (κ3) is 4.56. The van der Waals surface area contributed by atoms with Crippen LogP contribution >= 0.6 is 11.6 Å². The molecule has 1 atom stereocenters. The summed E-state index contributed by atoms with van der Waals surface area (Å²) in [7, 11) is 3.86. The topological polar surface area (TPSA) is 67.2 Å². The van der Waals surface area contributed by atoms with Crippen LogP contribution in [0.1, 0.15) is 41.9 Å². The number of nitrogens with zero attached hydrogens (tertiary/aromatic N) is 6. The molecule has 1 aliphatic rings. The van der Waals surface area contributed by atoms with Crippen molar-refractivity contribution in [2.24, 2.45) is 0 Å². The minimum atomic E-state index is -0.0249. The van der Waals surface area contributed by atoms with Gasteiger partial charge in [0.1, 0.15) is 5.69 Å². The van der Waals surface area contributed by atoms with Gasteiger partial charge < -0.3 is 9.80 Å². The quantitative estimate of drug-likeness (QED) is 0.600. The first-order chi connectivity index (χ1) is 15.0. The number of piperidine rings is 1. The molecular weight excluding hydrogens is 412 g/mol. The summed E-state index contributed by atoms with van der Waals surface area (Å²) in [5, 5.41) is 5.07. The molecule has 7 nitrogen and oxygen atoms in total. The van der Waals surface area contributed by atoms with Gasteiger partial charge in [-0.2, -0.15) is 5.10 Å². The van der Waals surface area contributed by atoms with Crippen LogP contribution in [0, 0.1) is 0 Å². The zero-order valence-corrected chi connectivity index (χ0v) is 18.9. The fraction of sp³-hybridized carbons (Fsp3) is 0.391. The number of anilines is 1. The molecule has 8 heteroatoms. The van der Waals surface area contributed by atoms with Crippen LogP contribution in [-0.4, -0.2) is 57.7 Å². The van der Waals surface area contributed by atoms with Crippen molar-refractivity contribution in [2.45, 2.75) is 32.2 Å². The molecule has 1 aliphatic heterocycles. The average molecular weight is 439 g/mol. The van der Waals surface area contributed by atoms with Gasteiger partial charge in [0.2, 0.25) is 5.95 Å². The monoisotopic (exact) mass is 438 g/mol. The Labute approximate surface area is 187 Å². The third-order valence-electron chi connectivity index (χ3n) is 5.62. The second kappa shape index (κ2) is 9.06. The number of carbonyl (C=O) groups excluding carboxylic acids is 1. The van der Waals surface area contributed by atoms with E-state index in [-0.39, 0.29) is 11.8 Å². The molecule has 0 N–H and O–H groups in total. The van der Waals surface area contributed by atoms with Crippen molar-refractivity contribution >= 4 is 23.5 Å². The standard InChI is InChI=1S/C23H27ClN6O/c1-4-30-12-10-20(27-30)22(31)29-11-6-8-17(15-29)21-19(14-25-23(26-21)28(2)3)16-7-5-9-18(24)13-16/h5,7,9-10,12-14,17H,4,6,8,11,15H2,1-3H3/t17-/m0/s1. The van der Waals surface area contributed by atoms with Gasteiger partial charge in [-0.3, -0.25) is 9.48 Å². The lowest BCUT2D eigenvalue weighted by Gasteiger charge is -2.33. The highest BCUT2D eigenvalue weighted by Crippen LogP contribution is 2.35. The van der Waals surface area contributed by atoms with E-state index in [1.165, 1.54) is 0 Å². The number of aromatic nitrogens is 4. The second-order valence-electron chi connectivity index (χ2n) is 8.02. The Hall–Kier alpha value is -2.93. The Morgan fingerprint density at radius 2 is 2.13 bits per heavy atom. The van der Waals surface area contributed by atoms with E-state index in [0.29, 0.717) is 23.2 Å². The van der Waals surface area contributed by atoms with Crippen LogP contribution in [0.2, 0.25) is 5.02 Å². The number of likely N-dealkylation sites (tertiary alicyclic amines) is 1. The first-order valence-corrected chi connectivity index (χ1v) is 11.0. The Bertz CT molecular complexity index is 1080. The second-order valence-corrected chi connectivity index (χ2v) is 8.46. The number of rotatable bonds is 5. The summed E-state index contributed by atoms with van der Waals surface area (Å²) in [4.78, 5) is 26.3. The summed E-state index contributed by atoms with van der Waals surface area (Å²) >= 11 is 6.25. The maximum atomic E-state index is 13.1. The van der Waals surface area contributed by atoms with Crippen molar-refractivity contribution in [2.75, 3.05) is 32.1 Å². The number of hydrogen-bond donors (Lipinski definition) is 0. The van der Waals surface area contributed by atoms with E-state index < -0.39 is 0 Å². The highest BCUT2D eigenvalue weighted by atomic mass is 35.5. The zero-order chi connectivity index (χ0) is 22.0. The van der Waals surface area contributed by atoms with Crippen LogP contribution in [0.3, 0.4) is 0 Å². The van der Waals surface area contributed by atoms with Gasteiger partial charge in [-0.25, -0.2) is 9.97 Å². The Kier molecular flexibility index (Phi) is 6.23. The highest BCUT2D eigenvalue weighted by Gasteiger charge is 2.29. The lowest BCUT2D eigenvalue weighted by atomic mass is 9.89. The molecule has 1 aromatic carbocycles. The minimum Gasteiger partial charge on any atom is -0.347 e. The SMILES string of the molecule is CCn1ccc(C(=O)N2CCC[C@H](c3nc(N(C)C)ncc3-c3cccc(Cl)c3)C2)n1. The number of benzene rings is 1. The van der Waals surface area contributed by atoms with Crippen LogP contribution in [0.15, 0.2) is 42.7 Å². The molecule has 31 heavy (non-hydrogen) atoms. The van der Waals surface area contributed by atoms with Crippen LogP contribution in [0.4, 0.5) is 5.95 Å². The molecule has 3 heterocycles. The third-order valence-corrected chi connectivity index (χ3v) is 5.86. The Balaban J connectivity index is 1.67. The van der Waals surface area contributed by atoms with Gasteiger partial charge in [-0.1, -0.05) is 23.7 Å². The molecule has 2 aromatic heterocycles. The van der Waals surface area contributed by atoms with Crippen LogP contribution in [0.5, 0.6) is 0 Å². The molecule has 0 radical (unpaired) electrons. The van der Waals surface area contributed by atoms with E-state index in [1.807, 2.05) is 67.5 Å². The van der Waals surface area contributed by atoms with Crippen LogP contribution < -0.4 is 4.90 Å². The van der Waals surface area contributed by atoms with E-state index in [4.69, 9.17) is 16.6 Å². The first kappa shape index (κ1) is 21.3. The summed E-state index contributed by atoms with van der Waals surface area (Å²) in [5.41, 5.74) is 3.40. The molecule has 162 valence electrons. The maximum absolute atomic E-state index is 13.1. The highest BCUT2D eigenvalue weighted by molar-refractivity contribution is 6.30. The van der Waals surface area contributed by atoms with Crippen molar-refractivity contribution in [3.8, 4) is 11.1 Å². The van der Waals surface area contributed by atoms with Gasteiger partial charge in [-0.05, 0) is 43.5 Å². The molecular formula is C23H27ClN6O. The van der Waals surface area contributed by atoms with Gasteiger partial charge in [0.15, 0.2) is 0 Å². The number of aryl methyl sites for hydroxylation is 1. The van der Waals surface area contributed by atoms with Gasteiger partial charge in [0.05, 0.1) is 5.69 Å². The van der Waals surface area contributed by atoms with Crippen LogP contribution in [0.25, 0.3) is 11.1 Å². The molecule has 0 aliphatic carbocycles. The molecule has 0 saturated carbocycles. The first-order valence-electron chi connectivity index (χ1n) is 10.6. The smallest absolute Gasteiger partial charge is 0.274 e. The molecule has 1 fully saturated rings. The van der Waals surface area contributed by atoms with Crippen molar-refractivity contribution in [3.05, 3.63) is 59.1 Å². The maximum Gasteiger partial charge on any atom is 0.274 e. The number of halogens is 1. The zero-order valence-electron chi connectivity index (χ0n) is 18.1. The number of hydrogen-bond acceptors (Lipinski definition) is 5. The van der Waals surface area contributed by atoms with Crippen molar-refractivity contribution in [1.82, 2.24) is 24.6 Å². The summed E-state index contributed by atoms with van der Waals surface area (Å²) in [6, 6.07) is 9.54. The summed E-state index contributed by atoms with van der Waals surface area (Å²) in [5.74, 6) is 0.746. The molecule has 4 rings (SSSR count). The van der Waals surface area contributed by atoms with E-state index in [2.05, 4.69) is 10.1 Å².